The predicted octanol–water partition coefficient (Wildman–Crippen LogP) is 1.83. The van der Waals surface area contributed by atoms with Crippen LogP contribution >= 0.6 is 0 Å². The maximum Gasteiger partial charge on any atom is 0.338 e. The van der Waals surface area contributed by atoms with Crippen molar-refractivity contribution in [1.82, 2.24) is 15.3 Å². The number of urea groups is 1. The first kappa shape index (κ1) is 11.8. The number of para-hydroxylation sites is 1. The molecule has 0 unspecified atom stereocenters. The Balaban J connectivity index is 1.66. The summed E-state index contributed by atoms with van der Waals surface area (Å²) in [6.07, 6.45) is 2.20. The second kappa shape index (κ2) is 4.52. The molecule has 0 aliphatic carbocycles. The summed E-state index contributed by atoms with van der Waals surface area (Å²) in [5, 5.41) is 1.68. The summed E-state index contributed by atoms with van der Waals surface area (Å²) < 4.78 is 5.77. The average Bonchev–Trinajstić information content (AvgIpc) is 3.16. The van der Waals surface area contributed by atoms with Crippen molar-refractivity contribution in [3.63, 3.8) is 0 Å². The number of hydrazine groups is 1. The number of ether oxygens (including phenoxy) is 1. The van der Waals surface area contributed by atoms with Crippen LogP contribution in [0, 0.1) is 0 Å². The van der Waals surface area contributed by atoms with Gasteiger partial charge in [0.05, 0.1) is 5.70 Å². The molecule has 2 amide bonds. The van der Waals surface area contributed by atoms with Crippen molar-refractivity contribution in [1.29, 1.82) is 0 Å². The summed E-state index contributed by atoms with van der Waals surface area (Å²) in [5.74, 6) is 0.906. The number of fused-ring (bicyclic) bond motifs is 2. The van der Waals surface area contributed by atoms with Gasteiger partial charge >= 0.3 is 6.03 Å². The number of hydrogen-bond acceptors (Lipinski definition) is 3. The highest BCUT2D eigenvalue weighted by Gasteiger charge is 2.35. The molecule has 20 heavy (non-hydrogen) atoms. The van der Waals surface area contributed by atoms with E-state index < -0.39 is 0 Å². The molecule has 1 aromatic rings. The van der Waals surface area contributed by atoms with Crippen LogP contribution in [0.5, 0.6) is 5.75 Å². The minimum absolute atomic E-state index is 0.0514. The highest BCUT2D eigenvalue weighted by atomic mass is 16.5. The van der Waals surface area contributed by atoms with E-state index in [1.165, 1.54) is 5.57 Å². The average molecular weight is 271 g/mol. The first-order valence-corrected chi connectivity index (χ1v) is 7.11. The SMILES string of the molecule is O=C(N1CCCC1)N1NCC2=C1COc1ccccc12. The van der Waals surface area contributed by atoms with Gasteiger partial charge in [-0.2, -0.15) is 0 Å². The molecule has 0 atom stereocenters. The molecule has 3 aliphatic rings. The van der Waals surface area contributed by atoms with Crippen LogP contribution in [0.2, 0.25) is 0 Å². The fourth-order valence-corrected chi connectivity index (χ4v) is 3.11. The molecule has 1 saturated heterocycles. The van der Waals surface area contributed by atoms with Crippen LogP contribution < -0.4 is 10.2 Å². The molecule has 1 N–H and O–H groups in total. The molecule has 0 aromatic heterocycles. The number of amides is 2. The second-order valence-electron chi connectivity index (χ2n) is 5.36. The summed E-state index contributed by atoms with van der Waals surface area (Å²) in [6, 6.07) is 8.05. The number of nitrogens with one attached hydrogen (secondary N) is 1. The van der Waals surface area contributed by atoms with Gasteiger partial charge in [0.15, 0.2) is 0 Å². The van der Waals surface area contributed by atoms with Crippen molar-refractivity contribution >= 4 is 11.6 Å². The Labute approximate surface area is 117 Å². The third-order valence-corrected chi connectivity index (χ3v) is 4.18. The fraction of sp³-hybridized carbons (Fsp3) is 0.400. The molecular weight excluding hydrogens is 254 g/mol. The standard InChI is InChI=1S/C15H17N3O2/c19-15(17-7-3-4-8-17)18-13-10-20-14-6-2-1-5-11(14)12(13)9-16-18/h1-2,5-6,16H,3-4,7-10H2. The number of nitrogens with zero attached hydrogens (tertiary/aromatic N) is 2. The molecule has 104 valence electrons. The van der Waals surface area contributed by atoms with Crippen molar-refractivity contribution in [3.05, 3.63) is 35.5 Å². The van der Waals surface area contributed by atoms with Crippen molar-refractivity contribution in [2.75, 3.05) is 26.2 Å². The maximum absolute atomic E-state index is 12.5. The zero-order valence-electron chi connectivity index (χ0n) is 11.3. The number of rotatable bonds is 0. The summed E-state index contributed by atoms with van der Waals surface area (Å²) in [4.78, 5) is 14.4. The van der Waals surface area contributed by atoms with E-state index in [0.717, 1.165) is 42.9 Å². The molecule has 0 saturated carbocycles. The minimum Gasteiger partial charge on any atom is -0.487 e. The van der Waals surface area contributed by atoms with Crippen LogP contribution in [-0.4, -0.2) is 42.2 Å². The Morgan fingerprint density at radius 2 is 2.00 bits per heavy atom. The number of likely N-dealkylation sites (tertiary alicyclic amines) is 1. The lowest BCUT2D eigenvalue weighted by Gasteiger charge is -2.27. The van der Waals surface area contributed by atoms with Gasteiger partial charge in [-0.3, -0.25) is 0 Å². The predicted molar refractivity (Wildman–Crippen MR) is 74.9 cm³/mol. The van der Waals surface area contributed by atoms with Crippen LogP contribution in [0.1, 0.15) is 18.4 Å². The topological polar surface area (TPSA) is 44.8 Å². The molecule has 0 spiro atoms. The number of carbonyl (C=O) groups excluding carboxylic acids is 1. The van der Waals surface area contributed by atoms with Gasteiger partial charge in [-0.25, -0.2) is 15.2 Å². The first-order valence-electron chi connectivity index (χ1n) is 7.11. The highest BCUT2D eigenvalue weighted by Crippen LogP contribution is 2.36. The fourth-order valence-electron chi connectivity index (χ4n) is 3.11. The van der Waals surface area contributed by atoms with E-state index in [9.17, 15) is 4.79 Å². The van der Waals surface area contributed by atoms with Gasteiger partial charge in [0, 0.05) is 30.8 Å². The van der Waals surface area contributed by atoms with Gasteiger partial charge in [-0.1, -0.05) is 18.2 Å². The van der Waals surface area contributed by atoms with Crippen molar-refractivity contribution in [2.45, 2.75) is 12.8 Å². The minimum atomic E-state index is 0.0514. The molecule has 3 aliphatic heterocycles. The quantitative estimate of drug-likeness (QED) is 0.783. The summed E-state index contributed by atoms with van der Waals surface area (Å²) in [6.45, 7) is 2.86. The monoisotopic (exact) mass is 271 g/mol. The van der Waals surface area contributed by atoms with E-state index >= 15 is 0 Å². The van der Waals surface area contributed by atoms with Crippen molar-refractivity contribution in [2.24, 2.45) is 0 Å². The Morgan fingerprint density at radius 3 is 2.85 bits per heavy atom. The lowest BCUT2D eigenvalue weighted by molar-refractivity contribution is 0.156. The van der Waals surface area contributed by atoms with Crippen LogP contribution in [-0.2, 0) is 0 Å². The molecule has 1 aromatic carbocycles. The zero-order chi connectivity index (χ0) is 13.5. The van der Waals surface area contributed by atoms with Gasteiger partial charge in [-0.15, -0.1) is 0 Å². The molecule has 4 rings (SSSR count). The second-order valence-corrected chi connectivity index (χ2v) is 5.36. The molecule has 1 fully saturated rings. The Kier molecular flexibility index (Phi) is 2.67. The molecule has 3 heterocycles. The van der Waals surface area contributed by atoms with Gasteiger partial charge in [0.25, 0.3) is 0 Å². The molecule has 0 radical (unpaired) electrons. The third-order valence-electron chi connectivity index (χ3n) is 4.18. The van der Waals surface area contributed by atoms with Crippen LogP contribution in [0.4, 0.5) is 4.79 Å². The van der Waals surface area contributed by atoms with E-state index in [4.69, 9.17) is 4.74 Å². The lowest BCUT2D eigenvalue weighted by Crippen LogP contribution is -2.46. The van der Waals surface area contributed by atoms with Crippen LogP contribution in [0.3, 0.4) is 0 Å². The van der Waals surface area contributed by atoms with Gasteiger partial charge in [0.2, 0.25) is 0 Å². The van der Waals surface area contributed by atoms with Crippen molar-refractivity contribution < 1.29 is 9.53 Å². The Hall–Kier alpha value is -2.01. The van der Waals surface area contributed by atoms with E-state index in [1.54, 1.807) is 5.01 Å². The number of carbonyl (C=O) groups is 1. The molecular formula is C15H17N3O2. The van der Waals surface area contributed by atoms with Crippen LogP contribution in [0.25, 0.3) is 5.57 Å². The van der Waals surface area contributed by atoms with Crippen LogP contribution in [0.15, 0.2) is 30.0 Å². The number of benzene rings is 1. The molecule has 0 bridgehead atoms. The van der Waals surface area contributed by atoms with E-state index in [1.807, 2.05) is 23.1 Å². The van der Waals surface area contributed by atoms with E-state index in [-0.39, 0.29) is 6.03 Å². The van der Waals surface area contributed by atoms with Gasteiger partial charge in [-0.05, 0) is 18.9 Å². The first-order chi connectivity index (χ1) is 9.84. The Bertz CT molecular complexity index is 591. The van der Waals surface area contributed by atoms with E-state index in [0.29, 0.717) is 13.2 Å². The van der Waals surface area contributed by atoms with Gasteiger partial charge in [0.1, 0.15) is 12.4 Å². The van der Waals surface area contributed by atoms with E-state index in [2.05, 4.69) is 11.5 Å². The third kappa shape index (κ3) is 1.70. The zero-order valence-corrected chi connectivity index (χ0v) is 11.3. The van der Waals surface area contributed by atoms with Gasteiger partial charge < -0.3 is 9.64 Å². The summed E-state index contributed by atoms with van der Waals surface area (Å²) >= 11 is 0. The normalized spacial score (nSPS) is 20.8. The van der Waals surface area contributed by atoms with Crippen molar-refractivity contribution in [3.8, 4) is 5.75 Å². The summed E-state index contributed by atoms with van der Waals surface area (Å²) in [7, 11) is 0. The highest BCUT2D eigenvalue weighted by molar-refractivity contribution is 5.85. The molecule has 5 heteroatoms. The summed E-state index contributed by atoms with van der Waals surface area (Å²) in [5.41, 5.74) is 6.44. The molecule has 5 nitrogen and oxygen atoms in total. The smallest absolute Gasteiger partial charge is 0.338 e. The lowest BCUT2D eigenvalue weighted by atomic mass is 10.0. The Morgan fingerprint density at radius 1 is 1.20 bits per heavy atom. The number of hydrogen-bond donors (Lipinski definition) is 1. The largest absolute Gasteiger partial charge is 0.487 e. The maximum atomic E-state index is 12.5.